The summed E-state index contributed by atoms with van der Waals surface area (Å²) >= 11 is 0. The molecule has 3 aromatic rings. The highest BCUT2D eigenvalue weighted by Crippen LogP contribution is 2.19. The molecule has 1 aromatic heterocycles. The average molecular weight is 487 g/mol. The molecule has 0 radical (unpaired) electrons. The lowest BCUT2D eigenvalue weighted by Gasteiger charge is -2.35. The number of hydrogen-bond acceptors (Lipinski definition) is 6. The monoisotopic (exact) mass is 486 g/mol. The number of hydrogen-bond donors (Lipinski definition) is 2. The van der Waals surface area contributed by atoms with Crippen LogP contribution in [0.4, 0.5) is 11.5 Å². The zero-order valence-corrected chi connectivity index (χ0v) is 21.2. The number of aryl methyl sites for hydroxylation is 1. The maximum Gasteiger partial charge on any atom is 0.253 e. The molecule has 0 unspecified atom stereocenters. The van der Waals surface area contributed by atoms with Crippen molar-refractivity contribution in [3.63, 3.8) is 0 Å². The number of amides is 2. The molecule has 2 N–H and O–H groups in total. The second kappa shape index (κ2) is 11.8. The van der Waals surface area contributed by atoms with E-state index in [1.807, 2.05) is 49.4 Å². The van der Waals surface area contributed by atoms with Crippen molar-refractivity contribution in [1.82, 2.24) is 20.2 Å². The number of piperazine rings is 1. The molecule has 0 spiro atoms. The summed E-state index contributed by atoms with van der Waals surface area (Å²) in [6.45, 7) is 9.99. The molecule has 0 aliphatic carbocycles. The summed E-state index contributed by atoms with van der Waals surface area (Å²) in [4.78, 5) is 39.3. The van der Waals surface area contributed by atoms with Crippen LogP contribution in [0.5, 0.6) is 0 Å². The average Bonchev–Trinajstić information content (AvgIpc) is 2.88. The van der Waals surface area contributed by atoms with Crippen molar-refractivity contribution in [2.45, 2.75) is 33.2 Å². The van der Waals surface area contributed by atoms with Gasteiger partial charge < -0.3 is 15.5 Å². The summed E-state index contributed by atoms with van der Waals surface area (Å²) in [5.74, 6) is 1.73. The largest absolute Gasteiger partial charge is 0.354 e. The molecule has 2 amide bonds. The molecule has 8 heteroatoms. The van der Waals surface area contributed by atoms with E-state index in [9.17, 15) is 9.59 Å². The zero-order chi connectivity index (χ0) is 25.5. The van der Waals surface area contributed by atoms with Gasteiger partial charge in [0.25, 0.3) is 5.91 Å². The molecule has 0 atom stereocenters. The Labute approximate surface area is 212 Å². The van der Waals surface area contributed by atoms with Crippen LogP contribution in [0.1, 0.15) is 47.2 Å². The summed E-state index contributed by atoms with van der Waals surface area (Å²) in [6, 6.07) is 18.9. The number of anilines is 2. The van der Waals surface area contributed by atoms with Gasteiger partial charge in [-0.05, 0) is 24.6 Å². The van der Waals surface area contributed by atoms with Gasteiger partial charge in [0.15, 0.2) is 0 Å². The van der Waals surface area contributed by atoms with E-state index < -0.39 is 0 Å². The van der Waals surface area contributed by atoms with E-state index >= 15 is 0 Å². The van der Waals surface area contributed by atoms with Crippen molar-refractivity contribution < 1.29 is 9.59 Å². The first kappa shape index (κ1) is 25.3. The van der Waals surface area contributed by atoms with Gasteiger partial charge in [0.1, 0.15) is 11.6 Å². The minimum Gasteiger partial charge on any atom is -0.354 e. The maximum atomic E-state index is 12.8. The fraction of sp³-hybridized carbons (Fsp3) is 0.357. The predicted octanol–water partition coefficient (Wildman–Crippen LogP) is 3.60. The van der Waals surface area contributed by atoms with Gasteiger partial charge >= 0.3 is 0 Å². The molecule has 2 aromatic carbocycles. The van der Waals surface area contributed by atoms with Crippen molar-refractivity contribution in [2.24, 2.45) is 0 Å². The SMILES string of the molecule is Cc1cc(N2CCN(CC(=O)Nc3ccccc3C(=O)NCc3ccccc3)CC2)nc(C(C)C)n1. The first-order valence-corrected chi connectivity index (χ1v) is 12.4. The fourth-order valence-electron chi connectivity index (χ4n) is 4.19. The van der Waals surface area contributed by atoms with Crippen LogP contribution in [0, 0.1) is 6.92 Å². The van der Waals surface area contributed by atoms with E-state index in [-0.39, 0.29) is 24.3 Å². The molecular weight excluding hydrogens is 452 g/mol. The van der Waals surface area contributed by atoms with E-state index in [1.165, 1.54) is 0 Å². The van der Waals surface area contributed by atoms with E-state index in [1.54, 1.807) is 18.2 Å². The molecule has 0 saturated carbocycles. The van der Waals surface area contributed by atoms with Crippen LogP contribution in [0.2, 0.25) is 0 Å². The van der Waals surface area contributed by atoms with Gasteiger partial charge in [-0.2, -0.15) is 0 Å². The van der Waals surface area contributed by atoms with Gasteiger partial charge in [-0.25, -0.2) is 9.97 Å². The van der Waals surface area contributed by atoms with Crippen LogP contribution in [0.3, 0.4) is 0 Å². The molecular formula is C28H34N6O2. The molecule has 188 valence electrons. The number of nitrogens with zero attached hydrogens (tertiary/aromatic N) is 4. The van der Waals surface area contributed by atoms with Gasteiger partial charge in [-0.15, -0.1) is 0 Å². The summed E-state index contributed by atoms with van der Waals surface area (Å²) in [6.07, 6.45) is 0. The number of para-hydroxylation sites is 1. The van der Waals surface area contributed by atoms with Gasteiger partial charge in [0, 0.05) is 50.4 Å². The first-order valence-electron chi connectivity index (χ1n) is 12.4. The van der Waals surface area contributed by atoms with Crippen LogP contribution in [0.15, 0.2) is 60.7 Å². The van der Waals surface area contributed by atoms with E-state index in [0.29, 0.717) is 17.8 Å². The summed E-state index contributed by atoms with van der Waals surface area (Å²) in [7, 11) is 0. The number of benzene rings is 2. The summed E-state index contributed by atoms with van der Waals surface area (Å²) < 4.78 is 0. The predicted molar refractivity (Wildman–Crippen MR) is 142 cm³/mol. The van der Waals surface area contributed by atoms with Gasteiger partial charge in [0.05, 0.1) is 17.8 Å². The lowest BCUT2D eigenvalue weighted by Crippen LogP contribution is -2.49. The molecule has 1 aliphatic rings. The summed E-state index contributed by atoms with van der Waals surface area (Å²) in [5, 5.41) is 5.86. The number of aromatic nitrogens is 2. The molecule has 1 fully saturated rings. The number of nitrogens with one attached hydrogen (secondary N) is 2. The Bertz CT molecular complexity index is 1190. The Kier molecular flexibility index (Phi) is 8.28. The first-order chi connectivity index (χ1) is 17.4. The lowest BCUT2D eigenvalue weighted by molar-refractivity contribution is -0.117. The molecule has 36 heavy (non-hydrogen) atoms. The van der Waals surface area contributed by atoms with Crippen LogP contribution in [-0.2, 0) is 11.3 Å². The Morgan fingerprint density at radius 2 is 1.64 bits per heavy atom. The molecule has 1 saturated heterocycles. The highest BCUT2D eigenvalue weighted by atomic mass is 16.2. The Morgan fingerprint density at radius 1 is 0.944 bits per heavy atom. The zero-order valence-electron chi connectivity index (χ0n) is 21.2. The number of rotatable bonds is 8. The van der Waals surface area contributed by atoms with Crippen molar-refractivity contribution in [2.75, 3.05) is 42.9 Å². The van der Waals surface area contributed by atoms with E-state index in [2.05, 4.69) is 39.3 Å². The van der Waals surface area contributed by atoms with Crippen LogP contribution in [0.25, 0.3) is 0 Å². The van der Waals surface area contributed by atoms with Gasteiger partial charge in [0.2, 0.25) is 5.91 Å². The highest BCUT2D eigenvalue weighted by molar-refractivity contribution is 6.04. The highest BCUT2D eigenvalue weighted by Gasteiger charge is 2.22. The topological polar surface area (TPSA) is 90.5 Å². The molecule has 2 heterocycles. The Balaban J connectivity index is 1.30. The lowest BCUT2D eigenvalue weighted by atomic mass is 10.1. The number of carbonyl (C=O) groups is 2. The molecule has 1 aliphatic heterocycles. The fourth-order valence-corrected chi connectivity index (χ4v) is 4.19. The van der Waals surface area contributed by atoms with E-state index in [4.69, 9.17) is 4.98 Å². The second-order valence-corrected chi connectivity index (χ2v) is 9.41. The number of carbonyl (C=O) groups excluding carboxylic acids is 2. The van der Waals surface area contributed by atoms with Crippen molar-refractivity contribution in [1.29, 1.82) is 0 Å². The minimum atomic E-state index is -0.218. The molecule has 0 bridgehead atoms. The van der Waals surface area contributed by atoms with E-state index in [0.717, 1.165) is 49.1 Å². The van der Waals surface area contributed by atoms with Crippen LogP contribution < -0.4 is 15.5 Å². The summed E-state index contributed by atoms with van der Waals surface area (Å²) in [5.41, 5.74) is 2.96. The van der Waals surface area contributed by atoms with Crippen molar-refractivity contribution in [3.05, 3.63) is 83.3 Å². The smallest absolute Gasteiger partial charge is 0.253 e. The van der Waals surface area contributed by atoms with Crippen LogP contribution in [-0.4, -0.2) is 59.4 Å². The molecule has 4 rings (SSSR count). The Morgan fingerprint density at radius 3 is 2.36 bits per heavy atom. The third-order valence-electron chi connectivity index (χ3n) is 6.18. The van der Waals surface area contributed by atoms with Gasteiger partial charge in [-0.3, -0.25) is 14.5 Å². The van der Waals surface area contributed by atoms with Gasteiger partial charge in [-0.1, -0.05) is 56.3 Å². The quantitative estimate of drug-likeness (QED) is 0.506. The normalized spacial score (nSPS) is 14.1. The second-order valence-electron chi connectivity index (χ2n) is 9.41. The van der Waals surface area contributed by atoms with Crippen molar-refractivity contribution >= 4 is 23.3 Å². The van der Waals surface area contributed by atoms with Crippen molar-refractivity contribution in [3.8, 4) is 0 Å². The third kappa shape index (κ3) is 6.66. The minimum absolute atomic E-state index is 0.133. The standard InChI is InChI=1S/C28H34N6O2/c1-20(2)27-30-21(3)17-25(32-27)34-15-13-33(14-16-34)19-26(35)31-24-12-8-7-11-23(24)28(36)29-18-22-9-5-4-6-10-22/h4-12,17,20H,13-16,18-19H2,1-3H3,(H,29,36)(H,31,35). The third-order valence-corrected chi connectivity index (χ3v) is 6.18. The maximum absolute atomic E-state index is 12.8. The molecule has 8 nitrogen and oxygen atoms in total. The van der Waals surface area contributed by atoms with Crippen LogP contribution >= 0.6 is 0 Å². The Hall–Kier alpha value is -3.78.